The van der Waals surface area contributed by atoms with E-state index >= 15 is 0 Å². The molecule has 1 N–H and O–H groups in total. The SMILES string of the molecule is CC#CCNC1CC2CCC(C1)N2C(=O)OC(C)(C)C. The summed E-state index contributed by atoms with van der Waals surface area (Å²) in [6.07, 6.45) is 4.09. The molecule has 2 saturated heterocycles. The van der Waals surface area contributed by atoms with Crippen LogP contribution in [-0.4, -0.2) is 41.3 Å². The van der Waals surface area contributed by atoms with Gasteiger partial charge < -0.3 is 15.0 Å². The first-order valence-corrected chi connectivity index (χ1v) is 7.55. The third-order valence-corrected chi connectivity index (χ3v) is 3.99. The van der Waals surface area contributed by atoms with Gasteiger partial charge in [0.2, 0.25) is 0 Å². The lowest BCUT2D eigenvalue weighted by Crippen LogP contribution is -2.52. The highest BCUT2D eigenvalue weighted by Gasteiger charge is 2.44. The Morgan fingerprint density at radius 1 is 1.30 bits per heavy atom. The summed E-state index contributed by atoms with van der Waals surface area (Å²) in [5.74, 6) is 5.95. The molecule has 2 atom stereocenters. The Labute approximate surface area is 122 Å². The van der Waals surface area contributed by atoms with Gasteiger partial charge >= 0.3 is 6.09 Å². The molecular formula is C16H26N2O2. The van der Waals surface area contributed by atoms with Crippen molar-refractivity contribution in [2.45, 2.75) is 77.1 Å². The molecule has 2 aliphatic heterocycles. The molecular weight excluding hydrogens is 252 g/mol. The third kappa shape index (κ3) is 3.67. The van der Waals surface area contributed by atoms with Gasteiger partial charge in [0.1, 0.15) is 5.60 Å². The maximum absolute atomic E-state index is 12.3. The van der Waals surface area contributed by atoms with Crippen molar-refractivity contribution >= 4 is 6.09 Å². The van der Waals surface area contributed by atoms with Crippen molar-refractivity contribution in [1.29, 1.82) is 0 Å². The molecule has 0 aromatic rings. The van der Waals surface area contributed by atoms with E-state index in [2.05, 4.69) is 17.2 Å². The van der Waals surface area contributed by atoms with Crippen LogP contribution in [0.1, 0.15) is 53.4 Å². The number of piperidine rings is 1. The summed E-state index contributed by atoms with van der Waals surface area (Å²) < 4.78 is 5.54. The molecule has 0 saturated carbocycles. The Kier molecular flexibility index (Phi) is 4.59. The molecule has 2 fully saturated rings. The molecule has 20 heavy (non-hydrogen) atoms. The molecule has 0 aliphatic carbocycles. The van der Waals surface area contributed by atoms with Gasteiger partial charge in [0.05, 0.1) is 6.54 Å². The molecule has 0 aromatic heterocycles. The van der Waals surface area contributed by atoms with Crippen LogP contribution >= 0.6 is 0 Å². The largest absolute Gasteiger partial charge is 0.444 e. The zero-order chi connectivity index (χ0) is 14.8. The fourth-order valence-corrected chi connectivity index (χ4v) is 3.24. The lowest BCUT2D eigenvalue weighted by Gasteiger charge is -2.39. The first-order chi connectivity index (χ1) is 9.40. The minimum atomic E-state index is -0.414. The number of hydrogen-bond donors (Lipinski definition) is 1. The van der Waals surface area contributed by atoms with Crippen LogP contribution in [0.25, 0.3) is 0 Å². The van der Waals surface area contributed by atoms with Crippen LogP contribution in [-0.2, 0) is 4.74 Å². The number of amides is 1. The van der Waals surface area contributed by atoms with Gasteiger partial charge in [0, 0.05) is 18.1 Å². The number of ether oxygens (including phenoxy) is 1. The Morgan fingerprint density at radius 2 is 1.90 bits per heavy atom. The van der Waals surface area contributed by atoms with Gasteiger partial charge in [-0.3, -0.25) is 0 Å². The van der Waals surface area contributed by atoms with Gasteiger partial charge in [-0.2, -0.15) is 0 Å². The van der Waals surface area contributed by atoms with Crippen molar-refractivity contribution in [2.24, 2.45) is 0 Å². The van der Waals surface area contributed by atoms with Crippen LogP contribution < -0.4 is 5.32 Å². The molecule has 4 heteroatoms. The highest BCUT2D eigenvalue weighted by atomic mass is 16.6. The van der Waals surface area contributed by atoms with Crippen molar-refractivity contribution in [1.82, 2.24) is 10.2 Å². The van der Waals surface area contributed by atoms with E-state index in [-0.39, 0.29) is 6.09 Å². The zero-order valence-corrected chi connectivity index (χ0v) is 13.0. The van der Waals surface area contributed by atoms with Crippen LogP contribution in [0, 0.1) is 11.8 Å². The molecule has 2 heterocycles. The number of carbonyl (C=O) groups excluding carboxylic acids is 1. The summed E-state index contributed by atoms with van der Waals surface area (Å²) in [6, 6.07) is 1.14. The van der Waals surface area contributed by atoms with E-state index in [1.54, 1.807) is 0 Å². The normalized spacial score (nSPS) is 28.8. The summed E-state index contributed by atoms with van der Waals surface area (Å²) >= 11 is 0. The predicted molar refractivity (Wildman–Crippen MR) is 79.4 cm³/mol. The summed E-state index contributed by atoms with van der Waals surface area (Å²) in [5, 5.41) is 3.48. The zero-order valence-electron chi connectivity index (χ0n) is 13.0. The van der Waals surface area contributed by atoms with Crippen LogP contribution in [0.4, 0.5) is 4.79 Å². The lowest BCUT2D eigenvalue weighted by atomic mass is 9.98. The number of nitrogens with zero attached hydrogens (tertiary/aromatic N) is 1. The number of nitrogens with one attached hydrogen (secondary N) is 1. The van der Waals surface area contributed by atoms with Crippen molar-refractivity contribution < 1.29 is 9.53 Å². The van der Waals surface area contributed by atoms with Crippen LogP contribution in [0.5, 0.6) is 0 Å². The first kappa shape index (κ1) is 15.2. The summed E-state index contributed by atoms with van der Waals surface area (Å²) in [7, 11) is 0. The van der Waals surface area contributed by atoms with Crippen LogP contribution in [0.2, 0.25) is 0 Å². The maximum atomic E-state index is 12.3. The summed E-state index contributed by atoms with van der Waals surface area (Å²) in [4.78, 5) is 14.3. The van der Waals surface area contributed by atoms with Gasteiger partial charge in [-0.15, -0.1) is 5.92 Å². The second kappa shape index (κ2) is 6.05. The van der Waals surface area contributed by atoms with Crippen molar-refractivity contribution in [2.75, 3.05) is 6.54 Å². The van der Waals surface area contributed by atoms with Gasteiger partial charge in [-0.1, -0.05) is 5.92 Å². The van der Waals surface area contributed by atoms with E-state index in [0.29, 0.717) is 18.1 Å². The van der Waals surface area contributed by atoms with E-state index in [4.69, 9.17) is 4.74 Å². The predicted octanol–water partition coefficient (Wildman–Crippen LogP) is 2.53. The molecule has 0 spiro atoms. The molecule has 2 unspecified atom stereocenters. The summed E-state index contributed by atoms with van der Waals surface area (Å²) in [6.45, 7) is 8.36. The first-order valence-electron chi connectivity index (χ1n) is 7.55. The van der Waals surface area contributed by atoms with Crippen molar-refractivity contribution in [3.05, 3.63) is 0 Å². The van der Waals surface area contributed by atoms with Crippen LogP contribution in [0.3, 0.4) is 0 Å². The van der Waals surface area contributed by atoms with Gasteiger partial charge in [0.15, 0.2) is 0 Å². The molecule has 1 amide bonds. The highest BCUT2D eigenvalue weighted by Crippen LogP contribution is 2.36. The number of carbonyl (C=O) groups is 1. The standard InChI is InChI=1S/C16H26N2O2/c1-5-6-9-17-12-10-13-7-8-14(11-12)18(13)15(19)20-16(2,3)4/h12-14,17H,7-11H2,1-4H3. The molecule has 2 aliphatic rings. The Bertz CT molecular complexity index is 402. The van der Waals surface area contributed by atoms with E-state index in [1.165, 1.54) is 0 Å². The highest BCUT2D eigenvalue weighted by molar-refractivity contribution is 5.69. The Morgan fingerprint density at radius 3 is 2.40 bits per heavy atom. The van der Waals surface area contributed by atoms with E-state index in [1.807, 2.05) is 32.6 Å². The smallest absolute Gasteiger partial charge is 0.410 e. The lowest BCUT2D eigenvalue weighted by molar-refractivity contribution is 0.00490. The Hall–Kier alpha value is -1.21. The van der Waals surface area contributed by atoms with E-state index in [0.717, 1.165) is 32.2 Å². The molecule has 0 radical (unpaired) electrons. The van der Waals surface area contributed by atoms with Crippen molar-refractivity contribution in [3.63, 3.8) is 0 Å². The molecule has 2 rings (SSSR count). The topological polar surface area (TPSA) is 41.6 Å². The number of fused-ring (bicyclic) bond motifs is 2. The number of hydrogen-bond acceptors (Lipinski definition) is 3. The Balaban J connectivity index is 1.92. The second-order valence-electron chi connectivity index (χ2n) is 6.75. The van der Waals surface area contributed by atoms with Crippen LogP contribution in [0.15, 0.2) is 0 Å². The minimum absolute atomic E-state index is 0.142. The fraction of sp³-hybridized carbons (Fsp3) is 0.812. The quantitative estimate of drug-likeness (QED) is 0.789. The average molecular weight is 278 g/mol. The third-order valence-electron chi connectivity index (χ3n) is 3.99. The number of rotatable bonds is 2. The minimum Gasteiger partial charge on any atom is -0.444 e. The summed E-state index contributed by atoms with van der Waals surface area (Å²) in [5.41, 5.74) is -0.414. The molecule has 4 nitrogen and oxygen atoms in total. The fourth-order valence-electron chi connectivity index (χ4n) is 3.24. The van der Waals surface area contributed by atoms with Crippen molar-refractivity contribution in [3.8, 4) is 11.8 Å². The molecule has 112 valence electrons. The van der Waals surface area contributed by atoms with E-state index in [9.17, 15) is 4.79 Å². The monoisotopic (exact) mass is 278 g/mol. The maximum Gasteiger partial charge on any atom is 0.410 e. The van der Waals surface area contributed by atoms with E-state index < -0.39 is 5.60 Å². The molecule has 2 bridgehead atoms. The van der Waals surface area contributed by atoms with Gasteiger partial charge in [-0.05, 0) is 53.4 Å². The average Bonchev–Trinajstić information content (AvgIpc) is 2.60. The van der Waals surface area contributed by atoms with Gasteiger partial charge in [0.25, 0.3) is 0 Å². The molecule has 0 aromatic carbocycles. The second-order valence-corrected chi connectivity index (χ2v) is 6.75. The van der Waals surface area contributed by atoms with Gasteiger partial charge in [-0.25, -0.2) is 4.79 Å².